The number of nitro groups is 1. The van der Waals surface area contributed by atoms with E-state index in [0.29, 0.717) is 4.31 Å². The number of hydrogen-bond donors (Lipinski definition) is 1. The van der Waals surface area contributed by atoms with Crippen molar-refractivity contribution >= 4 is 27.4 Å². The molecule has 2 rings (SSSR count). The van der Waals surface area contributed by atoms with Crippen molar-refractivity contribution in [3.05, 3.63) is 64.5 Å². The summed E-state index contributed by atoms with van der Waals surface area (Å²) in [5, 5.41) is 19.7. The van der Waals surface area contributed by atoms with E-state index in [1.807, 2.05) is 0 Å². The van der Waals surface area contributed by atoms with E-state index < -0.39 is 49.5 Å². The van der Waals surface area contributed by atoms with Gasteiger partial charge in [0.25, 0.3) is 15.7 Å². The van der Waals surface area contributed by atoms with Crippen LogP contribution in [0.2, 0.25) is 0 Å². The standard InChI is InChI=1S/C14H11FN2O6S/c15-12-6-1-2-7-13(12)16(9-14(18)19)24(22,23)11-5-3-4-10(8-11)17(20)21/h1-8H,9H2,(H,18,19). The Labute approximate surface area is 136 Å². The number of nitro benzene ring substituents is 1. The molecule has 24 heavy (non-hydrogen) atoms. The molecule has 2 aromatic carbocycles. The number of carboxylic acids is 1. The second kappa shape index (κ2) is 6.62. The average molecular weight is 354 g/mol. The molecule has 0 bridgehead atoms. The number of hydrogen-bond acceptors (Lipinski definition) is 5. The van der Waals surface area contributed by atoms with Crippen LogP contribution in [0.5, 0.6) is 0 Å². The molecule has 0 radical (unpaired) electrons. The Bertz CT molecular complexity index is 900. The maximum absolute atomic E-state index is 13.9. The number of anilines is 1. The van der Waals surface area contributed by atoms with E-state index in [4.69, 9.17) is 5.11 Å². The number of benzene rings is 2. The van der Waals surface area contributed by atoms with Gasteiger partial charge in [-0.3, -0.25) is 19.2 Å². The van der Waals surface area contributed by atoms with Crippen LogP contribution in [-0.4, -0.2) is 31.0 Å². The monoisotopic (exact) mass is 354 g/mol. The molecule has 1 N–H and O–H groups in total. The highest BCUT2D eigenvalue weighted by Crippen LogP contribution is 2.27. The van der Waals surface area contributed by atoms with Crippen LogP contribution in [0.15, 0.2) is 53.4 Å². The Morgan fingerprint density at radius 1 is 1.21 bits per heavy atom. The fraction of sp³-hybridized carbons (Fsp3) is 0.0714. The molecule has 8 nitrogen and oxygen atoms in total. The maximum Gasteiger partial charge on any atom is 0.324 e. The molecule has 0 spiro atoms. The van der Waals surface area contributed by atoms with Gasteiger partial charge < -0.3 is 5.11 Å². The first kappa shape index (κ1) is 17.3. The third-order valence-corrected chi connectivity index (χ3v) is 4.77. The predicted octanol–water partition coefficient (Wildman–Crippen LogP) is 2.01. The molecule has 10 heteroatoms. The SMILES string of the molecule is O=C(O)CN(c1ccccc1F)S(=O)(=O)c1cccc([N+](=O)[O-])c1. The van der Waals surface area contributed by atoms with E-state index >= 15 is 0 Å². The number of nitrogens with zero attached hydrogens (tertiary/aromatic N) is 2. The molecule has 0 aliphatic carbocycles. The lowest BCUT2D eigenvalue weighted by Crippen LogP contribution is -2.36. The van der Waals surface area contributed by atoms with Crippen LogP contribution in [0.4, 0.5) is 15.8 Å². The van der Waals surface area contributed by atoms with Crippen LogP contribution in [-0.2, 0) is 14.8 Å². The summed E-state index contributed by atoms with van der Waals surface area (Å²) in [5.41, 5.74) is -0.953. The number of carbonyl (C=O) groups is 1. The van der Waals surface area contributed by atoms with E-state index in [1.54, 1.807) is 0 Å². The van der Waals surface area contributed by atoms with E-state index in [-0.39, 0.29) is 0 Å². The molecular weight excluding hydrogens is 343 g/mol. The van der Waals surface area contributed by atoms with Gasteiger partial charge in [0.05, 0.1) is 15.5 Å². The Balaban J connectivity index is 2.60. The molecule has 0 fully saturated rings. The highest BCUT2D eigenvalue weighted by atomic mass is 32.2. The number of sulfonamides is 1. The van der Waals surface area contributed by atoms with Crippen LogP contribution in [0.3, 0.4) is 0 Å². The van der Waals surface area contributed by atoms with Gasteiger partial charge in [0, 0.05) is 12.1 Å². The van der Waals surface area contributed by atoms with Gasteiger partial charge in [0.15, 0.2) is 0 Å². The first-order valence-electron chi connectivity index (χ1n) is 6.47. The Morgan fingerprint density at radius 3 is 2.46 bits per heavy atom. The summed E-state index contributed by atoms with van der Waals surface area (Å²) in [6, 6.07) is 8.83. The molecule has 0 saturated carbocycles. The number of rotatable bonds is 6. The van der Waals surface area contributed by atoms with Crippen molar-refractivity contribution < 1.29 is 27.6 Å². The Morgan fingerprint density at radius 2 is 1.88 bits per heavy atom. The lowest BCUT2D eigenvalue weighted by molar-refractivity contribution is -0.385. The summed E-state index contributed by atoms with van der Waals surface area (Å²) in [4.78, 5) is 20.5. The smallest absolute Gasteiger partial charge is 0.324 e. The van der Waals surface area contributed by atoms with Crippen molar-refractivity contribution in [2.24, 2.45) is 0 Å². The lowest BCUT2D eigenvalue weighted by atomic mass is 10.3. The van der Waals surface area contributed by atoms with E-state index in [9.17, 15) is 27.7 Å². The second-order valence-electron chi connectivity index (χ2n) is 4.61. The van der Waals surface area contributed by atoms with Gasteiger partial charge in [0.1, 0.15) is 12.4 Å². The number of para-hydroxylation sites is 1. The van der Waals surface area contributed by atoms with Crippen LogP contribution in [0, 0.1) is 15.9 Å². The zero-order chi connectivity index (χ0) is 17.9. The first-order chi connectivity index (χ1) is 11.2. The minimum atomic E-state index is -4.52. The zero-order valence-electron chi connectivity index (χ0n) is 12.0. The van der Waals surface area contributed by atoms with Gasteiger partial charge in [0.2, 0.25) is 0 Å². The fourth-order valence-corrected chi connectivity index (χ4v) is 3.42. The number of carboxylic acid groups (broad SMARTS) is 1. The topological polar surface area (TPSA) is 118 Å². The Kier molecular flexibility index (Phi) is 4.79. The molecule has 0 unspecified atom stereocenters. The van der Waals surface area contributed by atoms with Crippen LogP contribution in [0.25, 0.3) is 0 Å². The van der Waals surface area contributed by atoms with Crippen molar-refractivity contribution in [3.8, 4) is 0 Å². The average Bonchev–Trinajstić information content (AvgIpc) is 2.53. The summed E-state index contributed by atoms with van der Waals surface area (Å²) in [6.45, 7) is -1.04. The second-order valence-corrected chi connectivity index (χ2v) is 6.47. The summed E-state index contributed by atoms with van der Waals surface area (Å²) < 4.78 is 39.6. The predicted molar refractivity (Wildman–Crippen MR) is 81.7 cm³/mol. The fourth-order valence-electron chi connectivity index (χ4n) is 1.96. The minimum absolute atomic E-state index is 0.351. The highest BCUT2D eigenvalue weighted by molar-refractivity contribution is 7.92. The third-order valence-electron chi connectivity index (χ3n) is 3.02. The zero-order valence-corrected chi connectivity index (χ0v) is 12.8. The van der Waals surface area contributed by atoms with Crippen LogP contribution in [0.1, 0.15) is 0 Å². The largest absolute Gasteiger partial charge is 0.480 e. The van der Waals surface area contributed by atoms with Gasteiger partial charge in [-0.15, -0.1) is 0 Å². The van der Waals surface area contributed by atoms with Crippen molar-refractivity contribution in [1.29, 1.82) is 0 Å². The van der Waals surface area contributed by atoms with Gasteiger partial charge in [-0.05, 0) is 18.2 Å². The molecular formula is C14H11FN2O6S. The molecule has 0 aliphatic rings. The molecule has 0 saturated heterocycles. The number of halogens is 1. The van der Waals surface area contributed by atoms with Crippen LogP contribution < -0.4 is 4.31 Å². The quantitative estimate of drug-likeness (QED) is 0.626. The molecule has 126 valence electrons. The van der Waals surface area contributed by atoms with E-state index in [2.05, 4.69) is 0 Å². The third kappa shape index (κ3) is 3.49. The Hall–Kier alpha value is -3.01. The van der Waals surface area contributed by atoms with E-state index in [1.165, 1.54) is 12.1 Å². The normalized spacial score (nSPS) is 11.0. The van der Waals surface area contributed by atoms with Gasteiger partial charge in [-0.25, -0.2) is 12.8 Å². The first-order valence-corrected chi connectivity index (χ1v) is 7.91. The number of non-ortho nitro benzene ring substituents is 1. The molecule has 0 heterocycles. The van der Waals surface area contributed by atoms with Crippen molar-refractivity contribution in [2.75, 3.05) is 10.8 Å². The van der Waals surface area contributed by atoms with Gasteiger partial charge in [-0.1, -0.05) is 18.2 Å². The van der Waals surface area contributed by atoms with Gasteiger partial charge >= 0.3 is 5.97 Å². The van der Waals surface area contributed by atoms with Crippen molar-refractivity contribution in [2.45, 2.75) is 4.90 Å². The maximum atomic E-state index is 13.9. The number of aliphatic carboxylic acids is 1. The molecule has 0 atom stereocenters. The van der Waals surface area contributed by atoms with Crippen molar-refractivity contribution in [1.82, 2.24) is 0 Å². The molecule has 2 aromatic rings. The van der Waals surface area contributed by atoms with Crippen LogP contribution >= 0.6 is 0 Å². The summed E-state index contributed by atoms with van der Waals surface area (Å²) in [6.07, 6.45) is 0. The molecule has 0 aliphatic heterocycles. The lowest BCUT2D eigenvalue weighted by Gasteiger charge is -2.23. The van der Waals surface area contributed by atoms with Gasteiger partial charge in [-0.2, -0.15) is 0 Å². The molecule has 0 amide bonds. The van der Waals surface area contributed by atoms with E-state index in [0.717, 1.165) is 36.4 Å². The summed E-state index contributed by atoms with van der Waals surface area (Å²) >= 11 is 0. The summed E-state index contributed by atoms with van der Waals surface area (Å²) in [7, 11) is -4.52. The minimum Gasteiger partial charge on any atom is -0.480 e. The highest BCUT2D eigenvalue weighted by Gasteiger charge is 2.30. The summed E-state index contributed by atoms with van der Waals surface area (Å²) in [5.74, 6) is -2.44. The molecule has 0 aromatic heterocycles. The van der Waals surface area contributed by atoms with Crippen molar-refractivity contribution in [3.63, 3.8) is 0 Å².